The molecule has 0 atom stereocenters. The van der Waals surface area contributed by atoms with Crippen LogP contribution in [0.3, 0.4) is 0 Å². The molecule has 0 saturated heterocycles. The summed E-state index contributed by atoms with van der Waals surface area (Å²) in [5.41, 5.74) is 2.47. The summed E-state index contributed by atoms with van der Waals surface area (Å²) in [5, 5.41) is 8.59. The first-order valence-electron chi connectivity index (χ1n) is 3.49. The van der Waals surface area contributed by atoms with Crippen LogP contribution in [0.4, 0.5) is 0 Å². The highest BCUT2D eigenvalue weighted by atomic mass is 16.2. The summed E-state index contributed by atoms with van der Waals surface area (Å²) in [7, 11) is 0. The highest BCUT2D eigenvalue weighted by Crippen LogP contribution is 2.02. The van der Waals surface area contributed by atoms with Crippen LogP contribution in [0.5, 0.6) is 0 Å². The molecule has 0 amide bonds. The van der Waals surface area contributed by atoms with Gasteiger partial charge in [-0.1, -0.05) is 29.8 Å². The molecule has 0 saturated carbocycles. The first-order chi connectivity index (χ1) is 4.83. The predicted molar refractivity (Wildman–Crippen MR) is 42.0 cm³/mol. The van der Waals surface area contributed by atoms with Crippen LogP contribution < -0.4 is 0 Å². The molecule has 54 valence electrons. The van der Waals surface area contributed by atoms with Gasteiger partial charge in [0.15, 0.2) is 0 Å². The zero-order valence-electron chi connectivity index (χ0n) is 6.17. The van der Waals surface area contributed by atoms with Gasteiger partial charge in [-0.25, -0.2) is 0 Å². The highest BCUT2D eigenvalue weighted by molar-refractivity contribution is 5.21. The monoisotopic (exact) mass is 136 g/mol. The van der Waals surface area contributed by atoms with Gasteiger partial charge in [0, 0.05) is 6.61 Å². The van der Waals surface area contributed by atoms with Crippen molar-refractivity contribution in [2.24, 2.45) is 0 Å². The third-order valence-electron chi connectivity index (χ3n) is 1.52. The van der Waals surface area contributed by atoms with E-state index in [0.29, 0.717) is 0 Å². The SMILES string of the molecule is Cc1ccc(CCO)cc1. The summed E-state index contributed by atoms with van der Waals surface area (Å²) < 4.78 is 0. The fourth-order valence-corrected chi connectivity index (χ4v) is 0.884. The van der Waals surface area contributed by atoms with Crippen molar-refractivity contribution >= 4 is 0 Å². The van der Waals surface area contributed by atoms with Gasteiger partial charge in [-0.05, 0) is 18.9 Å². The van der Waals surface area contributed by atoms with Gasteiger partial charge in [-0.3, -0.25) is 0 Å². The summed E-state index contributed by atoms with van der Waals surface area (Å²) in [6.45, 7) is 2.30. The minimum absolute atomic E-state index is 0.239. The molecule has 1 aromatic carbocycles. The van der Waals surface area contributed by atoms with Gasteiger partial charge < -0.3 is 5.11 Å². The lowest BCUT2D eigenvalue weighted by Crippen LogP contribution is -1.89. The number of rotatable bonds is 2. The molecule has 0 fully saturated rings. The number of hydrogen-bond donors (Lipinski definition) is 1. The molecule has 0 aromatic heterocycles. The topological polar surface area (TPSA) is 20.2 Å². The largest absolute Gasteiger partial charge is 0.396 e. The summed E-state index contributed by atoms with van der Waals surface area (Å²) in [5.74, 6) is 0. The highest BCUT2D eigenvalue weighted by Gasteiger charge is 1.88. The summed E-state index contributed by atoms with van der Waals surface area (Å²) in [4.78, 5) is 0. The second-order valence-electron chi connectivity index (χ2n) is 2.46. The Bertz CT molecular complexity index is 188. The van der Waals surface area contributed by atoms with Crippen LogP contribution in [0.25, 0.3) is 0 Å². The summed E-state index contributed by atoms with van der Waals surface area (Å²) in [6.07, 6.45) is 0.764. The average molecular weight is 136 g/mol. The quantitative estimate of drug-likeness (QED) is 0.653. The lowest BCUT2D eigenvalue weighted by Gasteiger charge is -1.96. The maximum atomic E-state index is 8.59. The summed E-state index contributed by atoms with van der Waals surface area (Å²) >= 11 is 0. The van der Waals surface area contributed by atoms with E-state index in [1.807, 2.05) is 12.1 Å². The van der Waals surface area contributed by atoms with E-state index in [2.05, 4.69) is 19.1 Å². The van der Waals surface area contributed by atoms with Gasteiger partial charge in [0.2, 0.25) is 0 Å². The molecule has 1 rings (SSSR count). The predicted octanol–water partition coefficient (Wildman–Crippen LogP) is 1.53. The molecule has 1 N–H and O–H groups in total. The van der Waals surface area contributed by atoms with Crippen molar-refractivity contribution in [1.82, 2.24) is 0 Å². The Balaban J connectivity index is 2.69. The van der Waals surface area contributed by atoms with Gasteiger partial charge in [-0.15, -0.1) is 0 Å². The lowest BCUT2D eigenvalue weighted by molar-refractivity contribution is 0.299. The van der Waals surface area contributed by atoms with Crippen LogP contribution in [0, 0.1) is 6.92 Å². The zero-order valence-corrected chi connectivity index (χ0v) is 6.17. The van der Waals surface area contributed by atoms with E-state index in [4.69, 9.17) is 5.11 Å². The standard InChI is InChI=1S/C9H12O/c1-8-2-4-9(5-3-8)6-7-10/h2-5,10H,6-7H2,1H3. The van der Waals surface area contributed by atoms with Crippen LogP contribution in [0.1, 0.15) is 11.1 Å². The van der Waals surface area contributed by atoms with Crippen molar-refractivity contribution in [2.45, 2.75) is 13.3 Å². The van der Waals surface area contributed by atoms with Gasteiger partial charge in [0.1, 0.15) is 0 Å². The number of hydrogen-bond acceptors (Lipinski definition) is 1. The van der Waals surface area contributed by atoms with E-state index in [0.717, 1.165) is 6.42 Å². The first-order valence-corrected chi connectivity index (χ1v) is 3.49. The van der Waals surface area contributed by atoms with Gasteiger partial charge in [0.05, 0.1) is 0 Å². The Morgan fingerprint density at radius 3 is 2.30 bits per heavy atom. The van der Waals surface area contributed by atoms with Crippen molar-refractivity contribution in [3.05, 3.63) is 35.4 Å². The molecule has 0 aliphatic heterocycles. The van der Waals surface area contributed by atoms with Gasteiger partial charge in [-0.2, -0.15) is 0 Å². The van der Waals surface area contributed by atoms with Crippen molar-refractivity contribution in [1.29, 1.82) is 0 Å². The third kappa shape index (κ3) is 1.85. The van der Waals surface area contributed by atoms with Crippen LogP contribution in [-0.4, -0.2) is 11.7 Å². The fourth-order valence-electron chi connectivity index (χ4n) is 0.884. The molecule has 0 aliphatic rings. The van der Waals surface area contributed by atoms with Crippen LogP contribution >= 0.6 is 0 Å². The van der Waals surface area contributed by atoms with Crippen LogP contribution in [0.2, 0.25) is 0 Å². The van der Waals surface area contributed by atoms with Crippen molar-refractivity contribution in [2.75, 3.05) is 6.61 Å². The number of aryl methyl sites for hydroxylation is 1. The molecule has 1 aromatic rings. The Morgan fingerprint density at radius 2 is 1.80 bits per heavy atom. The molecule has 0 bridgehead atoms. The van der Waals surface area contributed by atoms with E-state index in [1.54, 1.807) is 0 Å². The van der Waals surface area contributed by atoms with E-state index in [9.17, 15) is 0 Å². The molecular formula is C9H12O. The molecule has 0 radical (unpaired) electrons. The maximum absolute atomic E-state index is 8.59. The molecule has 1 nitrogen and oxygen atoms in total. The van der Waals surface area contributed by atoms with E-state index in [-0.39, 0.29) is 6.61 Å². The summed E-state index contributed by atoms with van der Waals surface area (Å²) in [6, 6.07) is 8.22. The van der Waals surface area contributed by atoms with E-state index < -0.39 is 0 Å². The van der Waals surface area contributed by atoms with Crippen molar-refractivity contribution < 1.29 is 5.11 Å². The molecule has 10 heavy (non-hydrogen) atoms. The van der Waals surface area contributed by atoms with Crippen LogP contribution in [0.15, 0.2) is 24.3 Å². The first kappa shape index (κ1) is 7.29. The molecule has 0 spiro atoms. The molecule has 1 heteroatoms. The van der Waals surface area contributed by atoms with Gasteiger partial charge in [0.25, 0.3) is 0 Å². The second-order valence-corrected chi connectivity index (χ2v) is 2.46. The van der Waals surface area contributed by atoms with Crippen LogP contribution in [-0.2, 0) is 6.42 Å². The molecular weight excluding hydrogens is 124 g/mol. The maximum Gasteiger partial charge on any atom is 0.0471 e. The minimum atomic E-state index is 0.239. The molecule has 0 unspecified atom stereocenters. The normalized spacial score (nSPS) is 9.80. The van der Waals surface area contributed by atoms with Gasteiger partial charge >= 0.3 is 0 Å². The number of benzene rings is 1. The zero-order chi connectivity index (χ0) is 7.40. The molecule has 0 aliphatic carbocycles. The number of aliphatic hydroxyl groups excluding tert-OH is 1. The van der Waals surface area contributed by atoms with E-state index in [1.165, 1.54) is 11.1 Å². The smallest absolute Gasteiger partial charge is 0.0471 e. The Hall–Kier alpha value is -0.820. The molecule has 0 heterocycles. The van der Waals surface area contributed by atoms with E-state index >= 15 is 0 Å². The fraction of sp³-hybridized carbons (Fsp3) is 0.333. The Kier molecular flexibility index (Phi) is 2.46. The lowest BCUT2D eigenvalue weighted by atomic mass is 10.1. The average Bonchev–Trinajstić information content (AvgIpc) is 1.95. The van der Waals surface area contributed by atoms with Crippen molar-refractivity contribution in [3.8, 4) is 0 Å². The Morgan fingerprint density at radius 1 is 1.20 bits per heavy atom. The minimum Gasteiger partial charge on any atom is -0.396 e. The second kappa shape index (κ2) is 3.37. The number of aliphatic hydroxyl groups is 1. The Labute approximate surface area is 61.3 Å². The third-order valence-corrected chi connectivity index (χ3v) is 1.52. The van der Waals surface area contributed by atoms with Crippen molar-refractivity contribution in [3.63, 3.8) is 0 Å².